The number of esters is 2. The molecule has 10 nitrogen and oxygen atoms in total. The van der Waals surface area contributed by atoms with Gasteiger partial charge in [0.2, 0.25) is 0 Å². The van der Waals surface area contributed by atoms with Crippen LogP contribution in [0.5, 0.6) is 0 Å². The van der Waals surface area contributed by atoms with E-state index in [2.05, 4.69) is 50.3 Å². The summed E-state index contributed by atoms with van der Waals surface area (Å²) < 4.78 is 22.1. The molecule has 1 aliphatic heterocycles. The second-order valence-corrected chi connectivity index (χ2v) is 15.5. The Labute approximate surface area is 340 Å². The van der Waals surface area contributed by atoms with E-state index in [-0.39, 0.29) is 32.0 Å². The first kappa shape index (κ1) is 51.9. The van der Waals surface area contributed by atoms with Gasteiger partial charge in [-0.05, 0) is 70.6 Å². The van der Waals surface area contributed by atoms with Crippen LogP contribution in [0.15, 0.2) is 36.5 Å². The van der Waals surface area contributed by atoms with Crippen LogP contribution >= 0.6 is 0 Å². The highest BCUT2D eigenvalue weighted by atomic mass is 16.7. The fraction of sp³-hybridized carbons (Fsp3) is 0.826. The highest BCUT2D eigenvalue weighted by Crippen LogP contribution is 2.22. The number of carbonyl (C=O) groups is 2. The SMILES string of the molecule is CCCCCC/C=C\C/C=C\CCCCCCCC(=O)OC(COC(=O)CCCCCCC/C=C\CCCCCCCC)COC1OC(CO)C(O)C(O)C1O. The van der Waals surface area contributed by atoms with Crippen LogP contribution in [0, 0.1) is 0 Å². The van der Waals surface area contributed by atoms with Crippen LogP contribution in [-0.4, -0.2) is 89.0 Å². The molecular formula is C46H82O10. The molecule has 6 unspecified atom stereocenters. The van der Waals surface area contributed by atoms with Crippen molar-refractivity contribution in [1.29, 1.82) is 0 Å². The highest BCUT2D eigenvalue weighted by Gasteiger charge is 2.44. The molecule has 6 atom stereocenters. The van der Waals surface area contributed by atoms with Crippen LogP contribution in [0.3, 0.4) is 0 Å². The molecule has 0 aromatic heterocycles. The quantitative estimate of drug-likeness (QED) is 0.0272. The summed E-state index contributed by atoms with van der Waals surface area (Å²) in [6, 6.07) is 0. The third kappa shape index (κ3) is 28.3. The number of hydrogen-bond acceptors (Lipinski definition) is 10. The van der Waals surface area contributed by atoms with E-state index in [4.69, 9.17) is 18.9 Å². The summed E-state index contributed by atoms with van der Waals surface area (Å²) in [5, 5.41) is 40.1. The smallest absolute Gasteiger partial charge is 0.306 e. The lowest BCUT2D eigenvalue weighted by Crippen LogP contribution is -2.59. The molecule has 4 N–H and O–H groups in total. The minimum atomic E-state index is -1.60. The fourth-order valence-corrected chi connectivity index (χ4v) is 6.62. The molecule has 0 amide bonds. The van der Waals surface area contributed by atoms with Gasteiger partial charge >= 0.3 is 11.9 Å². The summed E-state index contributed by atoms with van der Waals surface area (Å²) in [6.07, 6.45) is 34.3. The van der Waals surface area contributed by atoms with Crippen molar-refractivity contribution in [2.45, 2.75) is 224 Å². The molecule has 326 valence electrons. The van der Waals surface area contributed by atoms with Gasteiger partial charge in [-0.25, -0.2) is 0 Å². The average molecular weight is 795 g/mol. The van der Waals surface area contributed by atoms with Crippen LogP contribution in [0.1, 0.15) is 187 Å². The van der Waals surface area contributed by atoms with Gasteiger partial charge in [0.15, 0.2) is 12.4 Å². The number of hydrogen-bond donors (Lipinski definition) is 4. The molecule has 1 rings (SSSR count). The molecule has 0 aromatic rings. The number of carbonyl (C=O) groups excluding carboxylic acids is 2. The lowest BCUT2D eigenvalue weighted by Gasteiger charge is -2.39. The first-order valence-electron chi connectivity index (χ1n) is 22.6. The summed E-state index contributed by atoms with van der Waals surface area (Å²) in [5.74, 6) is -0.831. The monoisotopic (exact) mass is 795 g/mol. The molecular weight excluding hydrogens is 712 g/mol. The molecule has 56 heavy (non-hydrogen) atoms. The van der Waals surface area contributed by atoms with Crippen LogP contribution in [-0.2, 0) is 28.5 Å². The second-order valence-electron chi connectivity index (χ2n) is 15.5. The summed E-state index contributed by atoms with van der Waals surface area (Å²) in [6.45, 7) is 3.38. The Bertz CT molecular complexity index is 1010. The molecule has 0 aromatic carbocycles. The zero-order chi connectivity index (χ0) is 40.9. The van der Waals surface area contributed by atoms with E-state index in [0.717, 1.165) is 70.6 Å². The first-order chi connectivity index (χ1) is 27.3. The number of aliphatic hydroxyl groups excluding tert-OH is 4. The van der Waals surface area contributed by atoms with Gasteiger partial charge in [0.1, 0.15) is 31.0 Å². The van der Waals surface area contributed by atoms with E-state index in [9.17, 15) is 30.0 Å². The molecule has 1 heterocycles. The van der Waals surface area contributed by atoms with Gasteiger partial charge in [0.25, 0.3) is 0 Å². The normalized spacial score (nSPS) is 20.7. The van der Waals surface area contributed by atoms with Crippen molar-refractivity contribution in [3.63, 3.8) is 0 Å². The Morgan fingerprint density at radius 3 is 1.52 bits per heavy atom. The van der Waals surface area contributed by atoms with Crippen molar-refractivity contribution in [3.8, 4) is 0 Å². The summed E-state index contributed by atoms with van der Waals surface area (Å²) >= 11 is 0. The molecule has 0 saturated carbocycles. The van der Waals surface area contributed by atoms with Crippen molar-refractivity contribution in [2.75, 3.05) is 19.8 Å². The summed E-state index contributed by atoms with van der Waals surface area (Å²) in [5.41, 5.74) is 0. The summed E-state index contributed by atoms with van der Waals surface area (Å²) in [4.78, 5) is 25.3. The Morgan fingerprint density at radius 1 is 0.554 bits per heavy atom. The molecule has 0 bridgehead atoms. The third-order valence-electron chi connectivity index (χ3n) is 10.2. The van der Waals surface area contributed by atoms with E-state index < -0.39 is 49.4 Å². The van der Waals surface area contributed by atoms with Gasteiger partial charge in [-0.15, -0.1) is 0 Å². The van der Waals surface area contributed by atoms with Crippen molar-refractivity contribution >= 4 is 11.9 Å². The average Bonchev–Trinajstić information content (AvgIpc) is 3.19. The molecule has 0 aliphatic carbocycles. The fourth-order valence-electron chi connectivity index (χ4n) is 6.62. The number of aliphatic hydroxyl groups is 4. The lowest BCUT2D eigenvalue weighted by atomic mass is 9.99. The Hall–Kier alpha value is -2.08. The number of allylic oxidation sites excluding steroid dienone is 6. The maximum absolute atomic E-state index is 12.8. The minimum absolute atomic E-state index is 0.212. The molecule has 1 saturated heterocycles. The van der Waals surface area contributed by atoms with Gasteiger partial charge in [0, 0.05) is 12.8 Å². The maximum atomic E-state index is 12.8. The highest BCUT2D eigenvalue weighted by molar-refractivity contribution is 5.70. The Kier molecular flexibility index (Phi) is 34.5. The minimum Gasteiger partial charge on any atom is -0.462 e. The van der Waals surface area contributed by atoms with E-state index in [1.54, 1.807) is 0 Å². The zero-order valence-electron chi connectivity index (χ0n) is 35.4. The predicted octanol–water partition coefficient (Wildman–Crippen LogP) is 9.50. The van der Waals surface area contributed by atoms with E-state index in [0.29, 0.717) is 12.8 Å². The van der Waals surface area contributed by atoms with Gasteiger partial charge in [-0.2, -0.15) is 0 Å². The molecule has 1 aliphatic rings. The maximum Gasteiger partial charge on any atom is 0.306 e. The van der Waals surface area contributed by atoms with Gasteiger partial charge < -0.3 is 39.4 Å². The van der Waals surface area contributed by atoms with Gasteiger partial charge in [-0.3, -0.25) is 9.59 Å². The van der Waals surface area contributed by atoms with Crippen LogP contribution < -0.4 is 0 Å². The topological polar surface area (TPSA) is 152 Å². The van der Waals surface area contributed by atoms with E-state index in [1.807, 2.05) is 0 Å². The van der Waals surface area contributed by atoms with E-state index >= 15 is 0 Å². The van der Waals surface area contributed by atoms with Crippen LogP contribution in [0.4, 0.5) is 0 Å². The Balaban J connectivity index is 2.35. The van der Waals surface area contributed by atoms with Crippen molar-refractivity contribution in [3.05, 3.63) is 36.5 Å². The molecule has 0 radical (unpaired) electrons. The van der Waals surface area contributed by atoms with Crippen LogP contribution in [0.2, 0.25) is 0 Å². The summed E-state index contributed by atoms with van der Waals surface area (Å²) in [7, 11) is 0. The predicted molar refractivity (Wildman–Crippen MR) is 224 cm³/mol. The second kappa shape index (κ2) is 37.2. The number of rotatable bonds is 37. The number of ether oxygens (including phenoxy) is 4. The van der Waals surface area contributed by atoms with Crippen molar-refractivity contribution < 1.29 is 49.0 Å². The third-order valence-corrected chi connectivity index (χ3v) is 10.2. The first-order valence-corrected chi connectivity index (χ1v) is 22.6. The zero-order valence-corrected chi connectivity index (χ0v) is 35.4. The van der Waals surface area contributed by atoms with E-state index in [1.165, 1.54) is 77.0 Å². The Morgan fingerprint density at radius 2 is 1.00 bits per heavy atom. The molecule has 1 fully saturated rings. The van der Waals surface area contributed by atoms with Crippen molar-refractivity contribution in [2.24, 2.45) is 0 Å². The molecule has 0 spiro atoms. The van der Waals surface area contributed by atoms with Gasteiger partial charge in [0.05, 0.1) is 13.2 Å². The lowest BCUT2D eigenvalue weighted by molar-refractivity contribution is -0.305. The molecule has 10 heteroatoms. The standard InChI is InChI=1S/C46H82O10/c1-3-5-7-9-11-13-15-17-19-21-23-25-27-29-31-33-35-42(49)55-39(38-54-46-45(52)44(51)43(50)40(36-47)56-46)37-53-41(48)34-32-30-28-26-24-22-20-18-16-14-12-10-8-6-4-2/h13,15,18-21,39-40,43-47,50-52H,3-12,14,16-17,22-38H2,1-2H3/b15-13-,20-18-,21-19-. The largest absolute Gasteiger partial charge is 0.462 e. The van der Waals surface area contributed by atoms with Crippen molar-refractivity contribution in [1.82, 2.24) is 0 Å². The number of unbranched alkanes of at least 4 members (excludes halogenated alkanes) is 20. The van der Waals surface area contributed by atoms with Crippen LogP contribution in [0.25, 0.3) is 0 Å². The van der Waals surface area contributed by atoms with Gasteiger partial charge in [-0.1, -0.05) is 140 Å².